The highest BCUT2D eigenvalue weighted by Crippen LogP contribution is 1.76. The lowest BCUT2D eigenvalue weighted by Crippen LogP contribution is -2.34. The van der Waals surface area contributed by atoms with Crippen LogP contribution in [0.2, 0.25) is 0 Å². The largest absolute Gasteiger partial charge is 0.315 e. The Morgan fingerprint density at radius 3 is 0.700 bits per heavy atom. The van der Waals surface area contributed by atoms with Crippen molar-refractivity contribution in [2.45, 2.75) is 12.8 Å². The molecule has 0 aromatic heterocycles. The minimum atomic E-state index is 0. The van der Waals surface area contributed by atoms with E-state index < -0.39 is 0 Å². The van der Waals surface area contributed by atoms with Gasteiger partial charge in [0, 0.05) is 26.2 Å². The highest BCUT2D eigenvalue weighted by atomic mass is 35.5. The second-order valence-electron chi connectivity index (χ2n) is 3.71. The van der Waals surface area contributed by atoms with Crippen LogP contribution in [-0.2, 0) is 0 Å². The maximum Gasteiger partial charge on any atom is 0.00767 e. The summed E-state index contributed by atoms with van der Waals surface area (Å²) in [5, 5.41) is 13.7. The fraction of sp³-hybridized carbons (Fsp3) is 1.00. The van der Waals surface area contributed by atoms with Gasteiger partial charge in [-0.3, -0.25) is 0 Å². The predicted octanol–water partition coefficient (Wildman–Crippen LogP) is 1.67. The molecular formula is C10H30Cl6N4. The summed E-state index contributed by atoms with van der Waals surface area (Å²) < 4.78 is 0. The molecule has 4 nitrogen and oxygen atoms in total. The Bertz CT molecular complexity index is 83.0. The molecule has 10 heteroatoms. The lowest BCUT2D eigenvalue weighted by atomic mass is 10.3. The summed E-state index contributed by atoms with van der Waals surface area (Å²) in [5.41, 5.74) is 0. The van der Waals surface area contributed by atoms with Crippen LogP contribution in [0.5, 0.6) is 0 Å². The van der Waals surface area contributed by atoms with Crippen LogP contribution in [0.3, 0.4) is 0 Å². The van der Waals surface area contributed by atoms with Gasteiger partial charge in [0.25, 0.3) is 0 Å². The van der Waals surface area contributed by atoms with Crippen molar-refractivity contribution in [3.63, 3.8) is 0 Å². The molecule has 0 radical (unpaired) electrons. The SMILES string of the molecule is C1CNCCNCCCNCCNC1.Cl.Cl.Cl.Cl.Cl.Cl. The van der Waals surface area contributed by atoms with Crippen LogP contribution in [-0.4, -0.2) is 52.4 Å². The lowest BCUT2D eigenvalue weighted by molar-refractivity contribution is 0.530. The van der Waals surface area contributed by atoms with E-state index in [4.69, 9.17) is 0 Å². The molecule has 0 aromatic carbocycles. The third-order valence-electron chi connectivity index (χ3n) is 2.37. The van der Waals surface area contributed by atoms with Crippen LogP contribution < -0.4 is 21.3 Å². The van der Waals surface area contributed by atoms with E-state index in [1.807, 2.05) is 0 Å². The van der Waals surface area contributed by atoms with Crippen LogP contribution in [0.15, 0.2) is 0 Å². The molecule has 1 rings (SSSR count). The first-order valence-corrected chi connectivity index (χ1v) is 5.83. The zero-order chi connectivity index (χ0) is 9.90. The van der Waals surface area contributed by atoms with Crippen molar-refractivity contribution in [1.29, 1.82) is 0 Å². The van der Waals surface area contributed by atoms with Gasteiger partial charge in [0.1, 0.15) is 0 Å². The molecule has 0 bridgehead atoms. The molecule has 20 heavy (non-hydrogen) atoms. The minimum Gasteiger partial charge on any atom is -0.315 e. The molecule has 0 unspecified atom stereocenters. The molecule has 0 aliphatic carbocycles. The van der Waals surface area contributed by atoms with Crippen LogP contribution in [0, 0.1) is 0 Å². The maximum absolute atomic E-state index is 3.42. The third kappa shape index (κ3) is 27.8. The summed E-state index contributed by atoms with van der Waals surface area (Å²) in [4.78, 5) is 0. The first-order valence-electron chi connectivity index (χ1n) is 5.83. The van der Waals surface area contributed by atoms with Gasteiger partial charge in [0.05, 0.1) is 0 Å². The van der Waals surface area contributed by atoms with E-state index in [2.05, 4.69) is 21.3 Å². The van der Waals surface area contributed by atoms with Gasteiger partial charge in [-0.2, -0.15) is 0 Å². The first-order chi connectivity index (χ1) is 7.00. The lowest BCUT2D eigenvalue weighted by Gasteiger charge is -2.10. The Morgan fingerprint density at radius 2 is 0.500 bits per heavy atom. The Balaban J connectivity index is -0.0000000817. The highest BCUT2D eigenvalue weighted by Gasteiger charge is 1.93. The summed E-state index contributed by atoms with van der Waals surface area (Å²) in [7, 11) is 0. The summed E-state index contributed by atoms with van der Waals surface area (Å²) in [6, 6.07) is 0. The molecule has 1 aliphatic rings. The van der Waals surface area contributed by atoms with Crippen molar-refractivity contribution in [2.24, 2.45) is 0 Å². The molecule has 1 fully saturated rings. The fourth-order valence-corrected chi connectivity index (χ4v) is 1.53. The Labute approximate surface area is 160 Å². The van der Waals surface area contributed by atoms with E-state index in [0.29, 0.717) is 0 Å². The molecule has 1 saturated heterocycles. The third-order valence-corrected chi connectivity index (χ3v) is 2.37. The summed E-state index contributed by atoms with van der Waals surface area (Å²) in [6.07, 6.45) is 2.44. The van der Waals surface area contributed by atoms with Crippen LogP contribution in [0.4, 0.5) is 0 Å². The Kier molecular flexibility index (Phi) is 61.2. The van der Waals surface area contributed by atoms with Gasteiger partial charge in [-0.15, -0.1) is 74.4 Å². The monoisotopic (exact) mass is 416 g/mol. The van der Waals surface area contributed by atoms with E-state index in [1.54, 1.807) is 0 Å². The molecular weight excluding hydrogens is 389 g/mol. The van der Waals surface area contributed by atoms with Crippen molar-refractivity contribution in [3.05, 3.63) is 0 Å². The molecule has 0 saturated carbocycles. The van der Waals surface area contributed by atoms with Gasteiger partial charge in [-0.25, -0.2) is 0 Å². The molecule has 0 spiro atoms. The average molecular weight is 419 g/mol. The quantitative estimate of drug-likeness (QED) is 0.483. The van der Waals surface area contributed by atoms with E-state index in [-0.39, 0.29) is 74.4 Å². The Hall–Kier alpha value is 1.58. The van der Waals surface area contributed by atoms with Gasteiger partial charge in [-0.1, -0.05) is 0 Å². The zero-order valence-electron chi connectivity index (χ0n) is 11.5. The molecule has 0 atom stereocenters. The van der Waals surface area contributed by atoms with Crippen molar-refractivity contribution in [3.8, 4) is 0 Å². The van der Waals surface area contributed by atoms with E-state index in [1.165, 1.54) is 12.8 Å². The summed E-state index contributed by atoms with van der Waals surface area (Å²) in [5.74, 6) is 0. The molecule has 0 amide bonds. The second-order valence-corrected chi connectivity index (χ2v) is 3.71. The number of hydrogen-bond acceptors (Lipinski definition) is 4. The van der Waals surface area contributed by atoms with Gasteiger partial charge < -0.3 is 21.3 Å². The molecule has 0 aromatic rings. The van der Waals surface area contributed by atoms with Crippen molar-refractivity contribution >= 4 is 74.4 Å². The second kappa shape index (κ2) is 32.5. The molecule has 132 valence electrons. The van der Waals surface area contributed by atoms with E-state index in [0.717, 1.165) is 52.4 Å². The summed E-state index contributed by atoms with van der Waals surface area (Å²) >= 11 is 0. The number of hydrogen-bond donors (Lipinski definition) is 4. The average Bonchev–Trinajstić information content (AvgIpc) is 2.22. The van der Waals surface area contributed by atoms with Crippen molar-refractivity contribution < 1.29 is 0 Å². The van der Waals surface area contributed by atoms with Crippen LogP contribution in [0.25, 0.3) is 0 Å². The van der Waals surface area contributed by atoms with Gasteiger partial charge in [0.15, 0.2) is 0 Å². The van der Waals surface area contributed by atoms with Gasteiger partial charge in [-0.05, 0) is 39.0 Å². The van der Waals surface area contributed by atoms with E-state index >= 15 is 0 Å². The molecule has 1 heterocycles. The first kappa shape index (κ1) is 37.7. The number of rotatable bonds is 0. The molecule has 4 N–H and O–H groups in total. The van der Waals surface area contributed by atoms with E-state index in [9.17, 15) is 0 Å². The molecule has 1 aliphatic heterocycles. The normalized spacial score (nSPS) is 16.8. The van der Waals surface area contributed by atoms with Gasteiger partial charge >= 0.3 is 0 Å². The standard InChI is InChI=1S/C10H24N4.6ClH/c1-3-11-7-9-13-5-2-6-14-10-8-12-4-1;;;;;;/h11-14H,1-10H2;6*1H. The van der Waals surface area contributed by atoms with Crippen LogP contribution >= 0.6 is 74.4 Å². The topological polar surface area (TPSA) is 48.1 Å². The number of nitrogens with one attached hydrogen (secondary N) is 4. The Morgan fingerprint density at radius 1 is 0.300 bits per heavy atom. The smallest absolute Gasteiger partial charge is 0.00767 e. The fourth-order valence-electron chi connectivity index (χ4n) is 1.53. The summed E-state index contributed by atoms with van der Waals surface area (Å²) in [6.45, 7) is 8.87. The van der Waals surface area contributed by atoms with Gasteiger partial charge in [0.2, 0.25) is 0 Å². The predicted molar refractivity (Wildman–Crippen MR) is 104 cm³/mol. The minimum absolute atomic E-state index is 0. The van der Waals surface area contributed by atoms with Crippen LogP contribution in [0.1, 0.15) is 12.8 Å². The van der Waals surface area contributed by atoms with Crippen molar-refractivity contribution in [1.82, 2.24) is 21.3 Å². The maximum atomic E-state index is 3.42. The number of halogens is 6. The van der Waals surface area contributed by atoms with Crippen molar-refractivity contribution in [2.75, 3.05) is 52.4 Å². The highest BCUT2D eigenvalue weighted by molar-refractivity contribution is 5.86. The zero-order valence-corrected chi connectivity index (χ0v) is 16.4.